The number of rotatable bonds is 6. The molecule has 0 aromatic carbocycles. The second-order valence-electron chi connectivity index (χ2n) is 3.70. The fourth-order valence-electron chi connectivity index (χ4n) is 1.84. The van der Waals surface area contributed by atoms with Crippen LogP contribution < -0.4 is 10.1 Å². The zero-order valence-corrected chi connectivity index (χ0v) is 10.9. The van der Waals surface area contributed by atoms with Gasteiger partial charge in [-0.25, -0.2) is 4.98 Å². The monoisotopic (exact) mass is 251 g/mol. The maximum atomic E-state index is 5.37. The van der Waals surface area contributed by atoms with Crippen molar-refractivity contribution in [1.82, 2.24) is 15.3 Å². The van der Waals surface area contributed by atoms with Crippen molar-refractivity contribution in [3.63, 3.8) is 0 Å². The standard InChI is InChI=1S/C12H17N3OS/c1-3-13-9(8-11-14-5-6-15-11)12-10(16-2)4-7-17-12/h4-7,9,13H,3,8H2,1-2H3,(H,14,15). The van der Waals surface area contributed by atoms with Crippen LogP contribution in [0.2, 0.25) is 0 Å². The highest BCUT2D eigenvalue weighted by molar-refractivity contribution is 7.10. The summed E-state index contributed by atoms with van der Waals surface area (Å²) in [6, 6.07) is 2.26. The van der Waals surface area contributed by atoms with Gasteiger partial charge < -0.3 is 15.0 Å². The fraction of sp³-hybridized carbons (Fsp3) is 0.417. The SMILES string of the molecule is CCNC(Cc1ncc[nH]1)c1sccc1OC. The maximum absolute atomic E-state index is 5.37. The van der Waals surface area contributed by atoms with Gasteiger partial charge in [-0.05, 0) is 18.0 Å². The van der Waals surface area contributed by atoms with E-state index in [1.807, 2.05) is 12.3 Å². The molecule has 17 heavy (non-hydrogen) atoms. The van der Waals surface area contributed by atoms with Crippen LogP contribution in [-0.2, 0) is 6.42 Å². The summed E-state index contributed by atoms with van der Waals surface area (Å²) in [5.74, 6) is 1.94. The topological polar surface area (TPSA) is 49.9 Å². The van der Waals surface area contributed by atoms with Crippen LogP contribution in [0, 0.1) is 0 Å². The molecule has 4 nitrogen and oxygen atoms in total. The number of hydrogen-bond donors (Lipinski definition) is 2. The molecule has 0 saturated heterocycles. The molecule has 0 aliphatic carbocycles. The number of ether oxygens (including phenoxy) is 1. The minimum absolute atomic E-state index is 0.251. The van der Waals surface area contributed by atoms with E-state index in [1.54, 1.807) is 24.6 Å². The molecule has 2 aromatic rings. The molecule has 0 radical (unpaired) electrons. The molecule has 2 rings (SSSR count). The van der Waals surface area contributed by atoms with Gasteiger partial charge in [0.2, 0.25) is 0 Å². The predicted molar refractivity (Wildman–Crippen MR) is 69.6 cm³/mol. The molecule has 0 saturated carbocycles. The van der Waals surface area contributed by atoms with Crippen molar-refractivity contribution < 1.29 is 4.74 Å². The largest absolute Gasteiger partial charge is 0.496 e. The molecular formula is C12H17N3OS. The number of aromatic amines is 1. The summed E-state index contributed by atoms with van der Waals surface area (Å²) in [5.41, 5.74) is 0. The van der Waals surface area contributed by atoms with E-state index in [9.17, 15) is 0 Å². The van der Waals surface area contributed by atoms with Crippen molar-refractivity contribution in [3.8, 4) is 5.75 Å². The van der Waals surface area contributed by atoms with Gasteiger partial charge in [0.1, 0.15) is 11.6 Å². The first-order chi connectivity index (χ1) is 8.35. The lowest BCUT2D eigenvalue weighted by Crippen LogP contribution is -2.23. The minimum atomic E-state index is 0.251. The summed E-state index contributed by atoms with van der Waals surface area (Å²) in [4.78, 5) is 8.64. The van der Waals surface area contributed by atoms with Crippen LogP contribution in [-0.4, -0.2) is 23.6 Å². The molecule has 2 aromatic heterocycles. The maximum Gasteiger partial charge on any atom is 0.134 e. The molecule has 0 spiro atoms. The van der Waals surface area contributed by atoms with E-state index in [0.717, 1.165) is 24.5 Å². The first-order valence-corrected chi connectivity index (χ1v) is 6.56. The van der Waals surface area contributed by atoms with Crippen LogP contribution >= 0.6 is 11.3 Å². The van der Waals surface area contributed by atoms with Gasteiger partial charge in [0.25, 0.3) is 0 Å². The van der Waals surface area contributed by atoms with Crippen molar-refractivity contribution in [2.24, 2.45) is 0 Å². The smallest absolute Gasteiger partial charge is 0.134 e. The van der Waals surface area contributed by atoms with E-state index in [2.05, 4.69) is 27.6 Å². The highest BCUT2D eigenvalue weighted by Crippen LogP contribution is 2.32. The van der Waals surface area contributed by atoms with E-state index in [0.29, 0.717) is 0 Å². The van der Waals surface area contributed by atoms with Crippen LogP contribution in [0.5, 0.6) is 5.75 Å². The van der Waals surface area contributed by atoms with Crippen LogP contribution in [0.1, 0.15) is 23.7 Å². The van der Waals surface area contributed by atoms with E-state index in [4.69, 9.17) is 4.74 Å². The number of aromatic nitrogens is 2. The lowest BCUT2D eigenvalue weighted by Gasteiger charge is -2.16. The van der Waals surface area contributed by atoms with Gasteiger partial charge in [-0.3, -0.25) is 0 Å². The Morgan fingerprint density at radius 1 is 1.59 bits per heavy atom. The molecule has 2 heterocycles. The number of H-pyrrole nitrogens is 1. The van der Waals surface area contributed by atoms with Gasteiger partial charge >= 0.3 is 0 Å². The zero-order chi connectivity index (χ0) is 12.1. The molecular weight excluding hydrogens is 234 g/mol. The second-order valence-corrected chi connectivity index (χ2v) is 4.65. The van der Waals surface area contributed by atoms with Crippen molar-refractivity contribution >= 4 is 11.3 Å². The van der Waals surface area contributed by atoms with E-state index in [-0.39, 0.29) is 6.04 Å². The average molecular weight is 251 g/mol. The number of thiophene rings is 1. The lowest BCUT2D eigenvalue weighted by atomic mass is 10.1. The Labute approximate surface area is 105 Å². The van der Waals surface area contributed by atoms with Crippen molar-refractivity contribution in [3.05, 3.63) is 34.5 Å². The Bertz CT molecular complexity index is 438. The summed E-state index contributed by atoms with van der Waals surface area (Å²) in [6.45, 7) is 3.03. The number of nitrogens with one attached hydrogen (secondary N) is 2. The Morgan fingerprint density at radius 2 is 2.47 bits per heavy atom. The number of methoxy groups -OCH3 is 1. The van der Waals surface area contributed by atoms with Crippen LogP contribution in [0.15, 0.2) is 23.8 Å². The molecule has 0 aliphatic rings. The van der Waals surface area contributed by atoms with Crippen molar-refractivity contribution in [2.75, 3.05) is 13.7 Å². The Balaban J connectivity index is 2.16. The molecule has 0 fully saturated rings. The van der Waals surface area contributed by atoms with Gasteiger partial charge in [0.15, 0.2) is 0 Å². The molecule has 1 atom stereocenters. The quantitative estimate of drug-likeness (QED) is 0.828. The van der Waals surface area contributed by atoms with Gasteiger partial charge in [0, 0.05) is 18.8 Å². The molecule has 0 amide bonds. The Morgan fingerprint density at radius 3 is 3.12 bits per heavy atom. The van der Waals surface area contributed by atoms with Gasteiger partial charge in [-0.15, -0.1) is 11.3 Å². The molecule has 5 heteroatoms. The minimum Gasteiger partial charge on any atom is -0.496 e. The molecule has 2 N–H and O–H groups in total. The summed E-state index contributed by atoms with van der Waals surface area (Å²) >= 11 is 1.71. The van der Waals surface area contributed by atoms with Crippen LogP contribution in [0.3, 0.4) is 0 Å². The predicted octanol–water partition coefficient (Wildman–Crippen LogP) is 2.37. The van der Waals surface area contributed by atoms with Crippen LogP contribution in [0.4, 0.5) is 0 Å². The highest BCUT2D eigenvalue weighted by atomic mass is 32.1. The zero-order valence-electron chi connectivity index (χ0n) is 10.1. The van der Waals surface area contributed by atoms with Crippen molar-refractivity contribution in [2.45, 2.75) is 19.4 Å². The van der Waals surface area contributed by atoms with E-state index in [1.165, 1.54) is 4.88 Å². The van der Waals surface area contributed by atoms with E-state index < -0.39 is 0 Å². The normalized spacial score (nSPS) is 12.6. The third kappa shape index (κ3) is 2.87. The summed E-state index contributed by atoms with van der Waals surface area (Å²) < 4.78 is 5.37. The lowest BCUT2D eigenvalue weighted by molar-refractivity contribution is 0.403. The molecule has 92 valence electrons. The summed E-state index contributed by atoms with van der Waals surface area (Å²) in [7, 11) is 1.71. The van der Waals surface area contributed by atoms with Gasteiger partial charge in [-0.1, -0.05) is 6.92 Å². The Kier molecular flexibility index (Phi) is 4.17. The van der Waals surface area contributed by atoms with E-state index >= 15 is 0 Å². The van der Waals surface area contributed by atoms with Crippen molar-refractivity contribution in [1.29, 1.82) is 0 Å². The number of likely N-dealkylation sites (N-methyl/N-ethyl adjacent to an activating group) is 1. The Hall–Kier alpha value is -1.33. The van der Waals surface area contributed by atoms with Crippen LogP contribution in [0.25, 0.3) is 0 Å². The van der Waals surface area contributed by atoms with Gasteiger partial charge in [-0.2, -0.15) is 0 Å². The van der Waals surface area contributed by atoms with Gasteiger partial charge in [0.05, 0.1) is 18.0 Å². The molecule has 1 unspecified atom stereocenters. The number of nitrogens with zero attached hydrogens (tertiary/aromatic N) is 1. The number of imidazole rings is 1. The third-order valence-corrected chi connectivity index (χ3v) is 3.61. The summed E-state index contributed by atoms with van der Waals surface area (Å²) in [6.07, 6.45) is 4.48. The third-order valence-electron chi connectivity index (χ3n) is 2.60. The average Bonchev–Trinajstić information content (AvgIpc) is 2.98. The molecule has 0 bridgehead atoms. The molecule has 0 aliphatic heterocycles. The summed E-state index contributed by atoms with van der Waals surface area (Å²) in [5, 5.41) is 5.52. The second kappa shape index (κ2) is 5.84. The highest BCUT2D eigenvalue weighted by Gasteiger charge is 2.18. The first kappa shape index (κ1) is 12.1. The fourth-order valence-corrected chi connectivity index (χ4v) is 2.78. The first-order valence-electron chi connectivity index (χ1n) is 5.68. The number of hydrogen-bond acceptors (Lipinski definition) is 4.